The van der Waals surface area contributed by atoms with E-state index in [2.05, 4.69) is 15.2 Å². The predicted octanol–water partition coefficient (Wildman–Crippen LogP) is 3.14. The Hall–Kier alpha value is -1.73. The molecule has 1 aliphatic rings. The average molecular weight is 354 g/mol. The first-order valence-electron chi connectivity index (χ1n) is 7.18. The summed E-state index contributed by atoms with van der Waals surface area (Å²) in [5.41, 5.74) is 0.951. The minimum absolute atomic E-state index is 0.0464. The van der Waals surface area contributed by atoms with Crippen LogP contribution in [-0.2, 0) is 16.1 Å². The highest BCUT2D eigenvalue weighted by Crippen LogP contribution is 2.30. The van der Waals surface area contributed by atoms with Crippen LogP contribution in [0.15, 0.2) is 23.4 Å². The Morgan fingerprint density at radius 2 is 2.35 bits per heavy atom. The zero-order valence-corrected chi connectivity index (χ0v) is 14.3. The molecule has 1 N–H and O–H groups in total. The molecule has 0 spiro atoms. The van der Waals surface area contributed by atoms with Gasteiger partial charge in [-0.2, -0.15) is 0 Å². The third-order valence-corrected chi connectivity index (χ3v) is 4.88. The van der Waals surface area contributed by atoms with Crippen LogP contribution >= 0.6 is 23.4 Å². The van der Waals surface area contributed by atoms with Gasteiger partial charge in [-0.1, -0.05) is 23.4 Å². The van der Waals surface area contributed by atoms with Gasteiger partial charge in [-0.25, -0.2) is 4.98 Å². The lowest BCUT2D eigenvalue weighted by Gasteiger charge is -2.05. The van der Waals surface area contributed by atoms with Gasteiger partial charge in [-0.3, -0.25) is 9.89 Å². The molecule has 2 atom stereocenters. The summed E-state index contributed by atoms with van der Waals surface area (Å²) in [6.45, 7) is 4.06. The van der Waals surface area contributed by atoms with Crippen molar-refractivity contribution in [1.82, 2.24) is 15.2 Å². The number of aromatic nitrogens is 3. The molecule has 0 unspecified atom stereocenters. The molecule has 8 heteroatoms. The summed E-state index contributed by atoms with van der Waals surface area (Å²) in [6.07, 6.45) is 0.628. The minimum Gasteiger partial charge on any atom is -0.486 e. The number of nitrogens with one attached hydrogen (secondary N) is 1. The molecular formula is C15H16ClN3O3S. The minimum atomic E-state index is -0.242. The number of benzene rings is 1. The molecule has 3 rings (SSSR count). The fourth-order valence-corrected chi connectivity index (χ4v) is 3.35. The summed E-state index contributed by atoms with van der Waals surface area (Å²) >= 11 is 7.29. The van der Waals surface area contributed by atoms with E-state index in [4.69, 9.17) is 21.1 Å². The van der Waals surface area contributed by atoms with Gasteiger partial charge in [0.25, 0.3) is 0 Å². The number of aryl methyl sites for hydroxylation is 1. The Kier molecular flexibility index (Phi) is 4.77. The first-order chi connectivity index (χ1) is 11.0. The lowest BCUT2D eigenvalue weighted by Crippen LogP contribution is -2.09. The third kappa shape index (κ3) is 3.97. The summed E-state index contributed by atoms with van der Waals surface area (Å²) < 4.78 is 10.8. The maximum absolute atomic E-state index is 11.6. The topological polar surface area (TPSA) is 77.1 Å². The van der Waals surface area contributed by atoms with Crippen LogP contribution in [0.5, 0.6) is 5.75 Å². The Bertz CT molecular complexity index is 722. The molecule has 1 saturated heterocycles. The van der Waals surface area contributed by atoms with Gasteiger partial charge in [-0.05, 0) is 37.6 Å². The second-order valence-electron chi connectivity index (χ2n) is 5.35. The average Bonchev–Trinajstić information content (AvgIpc) is 3.07. The van der Waals surface area contributed by atoms with Crippen LogP contribution in [0.3, 0.4) is 0 Å². The lowest BCUT2D eigenvalue weighted by molar-refractivity contribution is -0.140. The summed E-state index contributed by atoms with van der Waals surface area (Å²) in [6, 6.07) is 5.46. The third-order valence-electron chi connectivity index (χ3n) is 3.39. The van der Waals surface area contributed by atoms with E-state index in [1.165, 1.54) is 11.8 Å². The predicted molar refractivity (Wildman–Crippen MR) is 86.7 cm³/mol. The molecule has 122 valence electrons. The van der Waals surface area contributed by atoms with E-state index >= 15 is 0 Å². The van der Waals surface area contributed by atoms with E-state index < -0.39 is 0 Å². The van der Waals surface area contributed by atoms with E-state index in [1.54, 1.807) is 12.1 Å². The molecule has 0 bridgehead atoms. The molecule has 23 heavy (non-hydrogen) atoms. The summed E-state index contributed by atoms with van der Waals surface area (Å²) in [4.78, 5) is 15.9. The Morgan fingerprint density at radius 3 is 3.04 bits per heavy atom. The Balaban J connectivity index is 1.57. The zero-order chi connectivity index (χ0) is 16.4. The van der Waals surface area contributed by atoms with Crippen LogP contribution in [-0.4, -0.2) is 32.5 Å². The van der Waals surface area contributed by atoms with Crippen molar-refractivity contribution in [2.45, 2.75) is 43.4 Å². The molecule has 6 nitrogen and oxygen atoms in total. The summed E-state index contributed by atoms with van der Waals surface area (Å²) in [5, 5.41) is 7.90. The van der Waals surface area contributed by atoms with Crippen molar-refractivity contribution in [2.75, 3.05) is 0 Å². The zero-order valence-electron chi connectivity index (χ0n) is 12.7. The molecule has 1 aromatic carbocycles. The number of thioether (sulfide) groups is 1. The SMILES string of the molecule is Cc1cc(OCc2nc(S[C@@H]3C[C@@H](C)OC3=O)n[nH]2)ccc1Cl. The van der Waals surface area contributed by atoms with Crippen molar-refractivity contribution < 1.29 is 14.3 Å². The fourth-order valence-electron chi connectivity index (χ4n) is 2.20. The van der Waals surface area contributed by atoms with E-state index in [0.29, 0.717) is 28.2 Å². The van der Waals surface area contributed by atoms with Crippen molar-refractivity contribution >= 4 is 29.3 Å². The molecule has 2 heterocycles. The van der Waals surface area contributed by atoms with Crippen molar-refractivity contribution in [1.29, 1.82) is 0 Å². The van der Waals surface area contributed by atoms with E-state index in [9.17, 15) is 4.79 Å². The number of carbonyl (C=O) groups is 1. The van der Waals surface area contributed by atoms with Gasteiger partial charge >= 0.3 is 5.97 Å². The van der Waals surface area contributed by atoms with E-state index in [1.807, 2.05) is 19.9 Å². The number of esters is 1. The number of rotatable bonds is 5. The normalized spacial score (nSPS) is 20.6. The van der Waals surface area contributed by atoms with Gasteiger partial charge in [0.15, 0.2) is 5.82 Å². The van der Waals surface area contributed by atoms with Crippen molar-refractivity contribution in [2.24, 2.45) is 0 Å². The van der Waals surface area contributed by atoms with Gasteiger partial charge in [0.1, 0.15) is 23.7 Å². The van der Waals surface area contributed by atoms with E-state index in [-0.39, 0.29) is 23.9 Å². The highest BCUT2D eigenvalue weighted by Gasteiger charge is 2.33. The van der Waals surface area contributed by atoms with Gasteiger partial charge in [0.2, 0.25) is 5.16 Å². The highest BCUT2D eigenvalue weighted by atomic mass is 35.5. The van der Waals surface area contributed by atoms with Crippen LogP contribution in [0.2, 0.25) is 5.02 Å². The molecule has 0 saturated carbocycles. The second-order valence-corrected chi connectivity index (χ2v) is 6.93. The first kappa shape index (κ1) is 16.1. The number of aromatic amines is 1. The molecule has 1 fully saturated rings. The number of hydrogen-bond donors (Lipinski definition) is 1. The number of hydrogen-bond acceptors (Lipinski definition) is 6. The van der Waals surface area contributed by atoms with Crippen LogP contribution in [0.4, 0.5) is 0 Å². The van der Waals surface area contributed by atoms with Crippen LogP contribution < -0.4 is 4.74 Å². The number of carbonyl (C=O) groups excluding carboxylic acids is 1. The molecule has 0 amide bonds. The second kappa shape index (κ2) is 6.80. The van der Waals surface area contributed by atoms with Gasteiger partial charge < -0.3 is 9.47 Å². The monoisotopic (exact) mass is 353 g/mol. The standard InChI is InChI=1S/C15H16ClN3O3S/c1-8-5-10(3-4-11(8)16)21-7-13-17-15(19-18-13)23-12-6-9(2)22-14(12)20/h3-5,9,12H,6-7H2,1-2H3,(H,17,18,19)/t9-,12-/m1/s1. The number of nitrogens with zero attached hydrogens (tertiary/aromatic N) is 2. The van der Waals surface area contributed by atoms with Crippen LogP contribution in [0.1, 0.15) is 24.7 Å². The number of cyclic esters (lactones) is 1. The summed E-state index contributed by atoms with van der Waals surface area (Å²) in [5.74, 6) is 1.10. The number of ether oxygens (including phenoxy) is 2. The van der Waals surface area contributed by atoms with E-state index in [0.717, 1.165) is 5.56 Å². The molecule has 1 aliphatic heterocycles. The van der Waals surface area contributed by atoms with Crippen molar-refractivity contribution in [3.8, 4) is 5.75 Å². The Morgan fingerprint density at radius 1 is 1.52 bits per heavy atom. The van der Waals surface area contributed by atoms with Gasteiger partial charge in [-0.15, -0.1) is 5.10 Å². The number of H-pyrrole nitrogens is 1. The molecule has 2 aromatic rings. The maximum atomic E-state index is 11.6. The fraction of sp³-hybridized carbons (Fsp3) is 0.400. The number of halogens is 1. The highest BCUT2D eigenvalue weighted by molar-refractivity contribution is 8.00. The molecule has 1 aromatic heterocycles. The van der Waals surface area contributed by atoms with Gasteiger partial charge in [0, 0.05) is 11.4 Å². The quantitative estimate of drug-likeness (QED) is 0.832. The lowest BCUT2D eigenvalue weighted by atomic mass is 10.2. The Labute approximate surface area is 142 Å². The molecule has 0 aliphatic carbocycles. The first-order valence-corrected chi connectivity index (χ1v) is 8.44. The smallest absolute Gasteiger partial charge is 0.319 e. The van der Waals surface area contributed by atoms with Crippen LogP contribution in [0.25, 0.3) is 0 Å². The van der Waals surface area contributed by atoms with Crippen molar-refractivity contribution in [3.63, 3.8) is 0 Å². The largest absolute Gasteiger partial charge is 0.486 e. The summed E-state index contributed by atoms with van der Waals surface area (Å²) in [7, 11) is 0. The van der Waals surface area contributed by atoms with Crippen molar-refractivity contribution in [3.05, 3.63) is 34.6 Å². The molecular weight excluding hydrogens is 338 g/mol. The molecule has 0 radical (unpaired) electrons. The maximum Gasteiger partial charge on any atom is 0.319 e. The van der Waals surface area contributed by atoms with Gasteiger partial charge in [0.05, 0.1) is 0 Å². The van der Waals surface area contributed by atoms with Crippen LogP contribution in [0, 0.1) is 6.92 Å².